The maximum Gasteiger partial charge on any atom is 0.573 e. The molecule has 0 fully saturated rings. The van der Waals surface area contributed by atoms with Gasteiger partial charge in [-0.1, -0.05) is 0 Å². The van der Waals surface area contributed by atoms with Crippen molar-refractivity contribution in [3.8, 4) is 11.8 Å². The van der Waals surface area contributed by atoms with E-state index in [2.05, 4.69) is 9.72 Å². The van der Waals surface area contributed by atoms with Gasteiger partial charge in [-0.2, -0.15) is 5.26 Å². The first kappa shape index (κ1) is 11.8. The normalized spacial score (nSPS) is 10.6. The first-order valence-electron chi connectivity index (χ1n) is 3.73. The smallest absolute Gasteiger partial charge is 0.476 e. The Bertz CT molecular complexity index is 465. The van der Waals surface area contributed by atoms with Gasteiger partial charge in [0.25, 0.3) is 0 Å². The number of pyridine rings is 1. The summed E-state index contributed by atoms with van der Waals surface area (Å²) < 4.78 is 39.3. The van der Waals surface area contributed by atoms with Gasteiger partial charge in [0.15, 0.2) is 11.4 Å². The van der Waals surface area contributed by atoms with Crippen LogP contribution in [0.25, 0.3) is 0 Å². The Kier molecular flexibility index (Phi) is 2.99. The van der Waals surface area contributed by atoms with Crippen molar-refractivity contribution in [2.24, 2.45) is 0 Å². The summed E-state index contributed by atoms with van der Waals surface area (Å²) in [6.45, 7) is 0. The van der Waals surface area contributed by atoms with Gasteiger partial charge in [-0.05, 0) is 6.07 Å². The zero-order valence-electron chi connectivity index (χ0n) is 7.45. The first-order valence-corrected chi connectivity index (χ1v) is 3.73. The van der Waals surface area contributed by atoms with Crippen molar-refractivity contribution in [2.45, 2.75) is 6.36 Å². The summed E-state index contributed by atoms with van der Waals surface area (Å²) in [6.07, 6.45) is -4.18. The molecular weight excluding hydrogens is 229 g/mol. The lowest BCUT2D eigenvalue weighted by Gasteiger charge is -2.11. The Balaban J connectivity index is 3.32. The Morgan fingerprint density at radius 2 is 2.19 bits per heavy atom. The lowest BCUT2D eigenvalue weighted by atomic mass is 10.2. The molecule has 1 rings (SSSR count). The summed E-state index contributed by atoms with van der Waals surface area (Å²) in [4.78, 5) is 13.8. The van der Waals surface area contributed by atoms with E-state index in [9.17, 15) is 18.0 Å². The molecule has 1 heterocycles. The molecule has 0 saturated heterocycles. The summed E-state index contributed by atoms with van der Waals surface area (Å²) >= 11 is 0. The lowest BCUT2D eigenvalue weighted by Crippen LogP contribution is -2.20. The van der Waals surface area contributed by atoms with Crippen LogP contribution in [-0.4, -0.2) is 22.4 Å². The summed E-state index contributed by atoms with van der Waals surface area (Å²) in [5.41, 5.74) is -1.51. The van der Waals surface area contributed by atoms with Gasteiger partial charge < -0.3 is 9.84 Å². The molecule has 0 aliphatic rings. The molecule has 0 bridgehead atoms. The number of carboxylic acids is 1. The Labute approximate surface area is 86.7 Å². The minimum Gasteiger partial charge on any atom is -0.476 e. The fraction of sp³-hybridized carbons (Fsp3) is 0.125. The average molecular weight is 232 g/mol. The SMILES string of the molecule is N#Cc1ccnc(C(=O)O)c1OC(F)(F)F. The molecule has 0 radical (unpaired) electrons. The standard InChI is InChI=1S/C8H3F3N2O3/c9-8(10,11)16-6-4(3-12)1-2-13-5(6)7(14)15/h1-2H,(H,14,15). The number of aromatic nitrogens is 1. The summed E-state index contributed by atoms with van der Waals surface area (Å²) in [5, 5.41) is 17.1. The molecule has 0 amide bonds. The number of hydrogen-bond acceptors (Lipinski definition) is 4. The van der Waals surface area contributed by atoms with E-state index in [0.717, 1.165) is 12.3 Å². The Morgan fingerprint density at radius 1 is 1.56 bits per heavy atom. The van der Waals surface area contributed by atoms with Crippen molar-refractivity contribution in [3.63, 3.8) is 0 Å². The fourth-order valence-electron chi connectivity index (χ4n) is 0.908. The van der Waals surface area contributed by atoms with Gasteiger partial charge >= 0.3 is 12.3 Å². The monoisotopic (exact) mass is 232 g/mol. The van der Waals surface area contributed by atoms with E-state index in [0.29, 0.717) is 0 Å². The summed E-state index contributed by atoms with van der Waals surface area (Å²) in [6, 6.07) is 2.31. The molecule has 16 heavy (non-hydrogen) atoms. The quantitative estimate of drug-likeness (QED) is 0.836. The zero-order chi connectivity index (χ0) is 12.3. The van der Waals surface area contributed by atoms with E-state index in [1.54, 1.807) is 0 Å². The van der Waals surface area contributed by atoms with Gasteiger partial charge in [0, 0.05) is 6.20 Å². The van der Waals surface area contributed by atoms with Gasteiger partial charge in [-0.25, -0.2) is 9.78 Å². The molecule has 0 aliphatic heterocycles. The van der Waals surface area contributed by atoms with Crippen LogP contribution in [0.4, 0.5) is 13.2 Å². The van der Waals surface area contributed by atoms with Crippen molar-refractivity contribution in [1.82, 2.24) is 4.98 Å². The van der Waals surface area contributed by atoms with Gasteiger partial charge in [0.2, 0.25) is 0 Å². The summed E-state index contributed by atoms with van der Waals surface area (Å²) in [5.74, 6) is -2.82. The number of alkyl halides is 3. The van der Waals surface area contributed by atoms with Crippen LogP contribution < -0.4 is 4.74 Å². The molecule has 8 heteroatoms. The molecule has 1 aromatic heterocycles. The zero-order valence-corrected chi connectivity index (χ0v) is 7.45. The Morgan fingerprint density at radius 3 is 2.62 bits per heavy atom. The molecule has 0 saturated carbocycles. The lowest BCUT2D eigenvalue weighted by molar-refractivity contribution is -0.274. The molecular formula is C8H3F3N2O3. The largest absolute Gasteiger partial charge is 0.573 e. The van der Waals surface area contributed by atoms with Crippen LogP contribution in [0.2, 0.25) is 0 Å². The minimum absolute atomic E-state index is 0.551. The highest BCUT2D eigenvalue weighted by atomic mass is 19.4. The number of rotatable bonds is 2. The van der Waals surface area contributed by atoms with Crippen LogP contribution in [-0.2, 0) is 0 Å². The summed E-state index contributed by atoms with van der Waals surface area (Å²) in [7, 11) is 0. The van der Waals surface area contributed by atoms with E-state index >= 15 is 0 Å². The molecule has 84 valence electrons. The minimum atomic E-state index is -5.08. The van der Waals surface area contributed by atoms with Gasteiger partial charge in [-0.15, -0.1) is 13.2 Å². The van der Waals surface area contributed by atoms with Gasteiger partial charge in [-0.3, -0.25) is 0 Å². The third-order valence-electron chi connectivity index (χ3n) is 1.45. The van der Waals surface area contributed by atoms with Crippen LogP contribution >= 0.6 is 0 Å². The first-order chi connectivity index (χ1) is 7.35. The average Bonchev–Trinajstić information content (AvgIpc) is 2.15. The number of halogens is 3. The molecule has 0 aliphatic carbocycles. The molecule has 0 spiro atoms. The van der Waals surface area contributed by atoms with Crippen LogP contribution in [0, 0.1) is 11.3 Å². The van der Waals surface area contributed by atoms with Crippen molar-refractivity contribution in [2.75, 3.05) is 0 Å². The predicted octanol–water partition coefficient (Wildman–Crippen LogP) is 1.55. The van der Waals surface area contributed by atoms with Crippen LogP contribution in [0.1, 0.15) is 16.1 Å². The highest BCUT2D eigenvalue weighted by Gasteiger charge is 2.34. The Hall–Kier alpha value is -2.30. The number of aromatic carboxylic acids is 1. The third-order valence-corrected chi connectivity index (χ3v) is 1.45. The van der Waals surface area contributed by atoms with Crippen LogP contribution in [0.3, 0.4) is 0 Å². The molecule has 0 atom stereocenters. The molecule has 5 nitrogen and oxygen atoms in total. The van der Waals surface area contributed by atoms with Gasteiger partial charge in [0.05, 0.1) is 5.56 Å². The van der Waals surface area contributed by atoms with Crippen LogP contribution in [0.15, 0.2) is 12.3 Å². The number of carbonyl (C=O) groups is 1. The van der Waals surface area contributed by atoms with Crippen molar-refractivity contribution in [3.05, 3.63) is 23.5 Å². The third kappa shape index (κ3) is 2.60. The molecule has 0 aromatic carbocycles. The molecule has 0 unspecified atom stereocenters. The second-order valence-corrected chi connectivity index (χ2v) is 2.50. The maximum absolute atomic E-state index is 11.9. The van der Waals surface area contributed by atoms with E-state index in [1.165, 1.54) is 6.07 Å². The van der Waals surface area contributed by atoms with Crippen molar-refractivity contribution >= 4 is 5.97 Å². The number of carboxylic acid groups (broad SMARTS) is 1. The van der Waals surface area contributed by atoms with Crippen molar-refractivity contribution < 1.29 is 27.8 Å². The molecule has 1 aromatic rings. The maximum atomic E-state index is 11.9. The van der Waals surface area contributed by atoms with Crippen molar-refractivity contribution in [1.29, 1.82) is 5.26 Å². The fourth-order valence-corrected chi connectivity index (χ4v) is 0.908. The highest BCUT2D eigenvalue weighted by Crippen LogP contribution is 2.28. The van der Waals surface area contributed by atoms with Crippen LogP contribution in [0.5, 0.6) is 5.75 Å². The number of nitriles is 1. The molecule has 1 N–H and O–H groups in total. The van der Waals surface area contributed by atoms with Gasteiger partial charge in [0.1, 0.15) is 6.07 Å². The number of nitrogens with zero attached hydrogens (tertiary/aromatic N) is 2. The van der Waals surface area contributed by atoms with E-state index in [1.807, 2.05) is 0 Å². The predicted molar refractivity (Wildman–Crippen MR) is 42.6 cm³/mol. The topological polar surface area (TPSA) is 83.2 Å². The van der Waals surface area contributed by atoms with E-state index in [-0.39, 0.29) is 0 Å². The second-order valence-electron chi connectivity index (χ2n) is 2.50. The number of ether oxygens (including phenoxy) is 1. The van der Waals surface area contributed by atoms with E-state index < -0.39 is 29.3 Å². The number of hydrogen-bond donors (Lipinski definition) is 1. The highest BCUT2D eigenvalue weighted by molar-refractivity contribution is 5.89. The van der Waals surface area contributed by atoms with E-state index in [4.69, 9.17) is 10.4 Å². The second kappa shape index (κ2) is 4.06.